The van der Waals surface area contributed by atoms with Crippen molar-refractivity contribution in [1.29, 1.82) is 0 Å². The molecular formula is C25H30N2O3. The molecule has 0 aromatic heterocycles. The van der Waals surface area contributed by atoms with Gasteiger partial charge in [0.25, 0.3) is 0 Å². The number of ether oxygens (including phenoxy) is 1. The molecule has 2 fully saturated rings. The predicted octanol–water partition coefficient (Wildman–Crippen LogP) is 3.68. The Balaban J connectivity index is 1.40. The average Bonchev–Trinajstić information content (AvgIpc) is 3.45. The highest BCUT2D eigenvalue weighted by Gasteiger charge is 2.42. The van der Waals surface area contributed by atoms with Crippen LogP contribution in [0.3, 0.4) is 0 Å². The molecule has 0 radical (unpaired) electrons. The Morgan fingerprint density at radius 3 is 2.30 bits per heavy atom. The lowest BCUT2D eigenvalue weighted by atomic mass is 10.1. The van der Waals surface area contributed by atoms with Crippen molar-refractivity contribution >= 4 is 11.8 Å². The van der Waals surface area contributed by atoms with Gasteiger partial charge in [0, 0.05) is 25.9 Å². The first-order valence-electron chi connectivity index (χ1n) is 11.0. The van der Waals surface area contributed by atoms with Gasteiger partial charge in [0.15, 0.2) is 0 Å². The van der Waals surface area contributed by atoms with Crippen molar-refractivity contribution in [2.24, 2.45) is 0 Å². The Morgan fingerprint density at radius 1 is 0.933 bits per heavy atom. The maximum absolute atomic E-state index is 13.1. The molecule has 2 atom stereocenters. The van der Waals surface area contributed by atoms with Crippen LogP contribution in [0.15, 0.2) is 60.7 Å². The Morgan fingerprint density at radius 2 is 1.60 bits per heavy atom. The van der Waals surface area contributed by atoms with Crippen LogP contribution < -0.4 is 4.74 Å². The SMILES string of the molecule is O=C([C@H]1CC(Oc2ccccc2)CN1C(=O)CCCc1ccccc1)N1CCCC1. The van der Waals surface area contributed by atoms with Crippen molar-refractivity contribution in [3.63, 3.8) is 0 Å². The molecule has 5 heteroatoms. The summed E-state index contributed by atoms with van der Waals surface area (Å²) >= 11 is 0. The van der Waals surface area contributed by atoms with Gasteiger partial charge in [-0.25, -0.2) is 0 Å². The van der Waals surface area contributed by atoms with Crippen molar-refractivity contribution in [3.05, 3.63) is 66.2 Å². The van der Waals surface area contributed by atoms with Crippen LogP contribution in [0, 0.1) is 0 Å². The monoisotopic (exact) mass is 406 g/mol. The van der Waals surface area contributed by atoms with Gasteiger partial charge in [0.05, 0.1) is 6.54 Å². The normalized spacial score (nSPS) is 21.1. The van der Waals surface area contributed by atoms with Gasteiger partial charge >= 0.3 is 0 Å². The zero-order valence-electron chi connectivity index (χ0n) is 17.4. The topological polar surface area (TPSA) is 49.9 Å². The van der Waals surface area contributed by atoms with E-state index in [0.29, 0.717) is 19.4 Å². The summed E-state index contributed by atoms with van der Waals surface area (Å²) in [6.45, 7) is 2.08. The Labute approximate surface area is 178 Å². The minimum Gasteiger partial charge on any atom is -0.488 e. The highest BCUT2D eigenvalue weighted by Crippen LogP contribution is 2.26. The van der Waals surface area contributed by atoms with E-state index in [1.807, 2.05) is 53.4 Å². The van der Waals surface area contributed by atoms with E-state index in [-0.39, 0.29) is 17.9 Å². The van der Waals surface area contributed by atoms with Crippen LogP contribution in [0.1, 0.15) is 37.7 Å². The molecule has 4 rings (SSSR count). The molecule has 0 bridgehead atoms. The Bertz CT molecular complexity index is 834. The smallest absolute Gasteiger partial charge is 0.245 e. The minimum atomic E-state index is -0.402. The molecule has 0 N–H and O–H groups in total. The number of aryl methyl sites for hydroxylation is 1. The molecule has 5 nitrogen and oxygen atoms in total. The largest absolute Gasteiger partial charge is 0.488 e. The number of likely N-dealkylation sites (tertiary alicyclic amines) is 2. The number of hydrogen-bond donors (Lipinski definition) is 0. The molecular weight excluding hydrogens is 376 g/mol. The predicted molar refractivity (Wildman–Crippen MR) is 116 cm³/mol. The van der Waals surface area contributed by atoms with Crippen LogP contribution in [0.2, 0.25) is 0 Å². The van der Waals surface area contributed by atoms with Crippen LogP contribution in [-0.2, 0) is 16.0 Å². The van der Waals surface area contributed by atoms with Crippen LogP contribution in [-0.4, -0.2) is 53.4 Å². The fourth-order valence-electron chi connectivity index (χ4n) is 4.46. The standard InChI is InChI=1S/C25H30N2O3/c28-24(15-9-12-20-10-3-1-4-11-20)27-19-22(30-21-13-5-2-6-14-21)18-23(27)25(29)26-16-7-8-17-26/h1-6,10-11,13-14,22-23H,7-9,12,15-19H2/t22?,23-/m1/s1. The fourth-order valence-corrected chi connectivity index (χ4v) is 4.46. The Hall–Kier alpha value is -2.82. The maximum atomic E-state index is 13.1. The number of benzene rings is 2. The first-order valence-corrected chi connectivity index (χ1v) is 11.0. The number of nitrogens with zero attached hydrogens (tertiary/aromatic N) is 2. The quantitative estimate of drug-likeness (QED) is 0.705. The average molecular weight is 407 g/mol. The van der Waals surface area contributed by atoms with Gasteiger partial charge in [-0.2, -0.15) is 0 Å². The second-order valence-electron chi connectivity index (χ2n) is 8.22. The van der Waals surface area contributed by atoms with Crippen LogP contribution in [0.5, 0.6) is 5.75 Å². The lowest BCUT2D eigenvalue weighted by molar-refractivity contribution is -0.143. The number of amides is 2. The van der Waals surface area contributed by atoms with Gasteiger partial charge in [0.2, 0.25) is 11.8 Å². The molecule has 2 saturated heterocycles. The molecule has 2 aromatic carbocycles. The van der Waals surface area contributed by atoms with E-state index in [0.717, 1.165) is 44.5 Å². The van der Waals surface area contributed by atoms with Crippen molar-refractivity contribution in [3.8, 4) is 5.75 Å². The summed E-state index contributed by atoms with van der Waals surface area (Å²) in [6, 6.07) is 19.5. The van der Waals surface area contributed by atoms with Crippen molar-refractivity contribution in [1.82, 2.24) is 9.80 Å². The third-order valence-electron chi connectivity index (χ3n) is 6.03. The molecule has 0 aliphatic carbocycles. The van der Waals surface area contributed by atoms with Crippen LogP contribution in [0.4, 0.5) is 0 Å². The lowest BCUT2D eigenvalue weighted by Crippen LogP contribution is -2.46. The van der Waals surface area contributed by atoms with Gasteiger partial charge in [-0.1, -0.05) is 48.5 Å². The highest BCUT2D eigenvalue weighted by atomic mass is 16.5. The van der Waals surface area contributed by atoms with E-state index >= 15 is 0 Å². The molecule has 2 aliphatic rings. The molecule has 2 aromatic rings. The number of hydrogen-bond acceptors (Lipinski definition) is 3. The van der Waals surface area contributed by atoms with Crippen molar-refractivity contribution in [2.75, 3.05) is 19.6 Å². The zero-order valence-corrected chi connectivity index (χ0v) is 17.4. The molecule has 158 valence electrons. The van der Waals surface area contributed by atoms with Gasteiger partial charge < -0.3 is 14.5 Å². The summed E-state index contributed by atoms with van der Waals surface area (Å²) in [5.41, 5.74) is 1.24. The summed E-state index contributed by atoms with van der Waals surface area (Å²) < 4.78 is 6.11. The molecule has 0 saturated carbocycles. The first kappa shape index (κ1) is 20.5. The minimum absolute atomic E-state index is 0.0580. The fraction of sp³-hybridized carbons (Fsp3) is 0.440. The third-order valence-corrected chi connectivity index (χ3v) is 6.03. The Kier molecular flexibility index (Phi) is 6.67. The first-order chi connectivity index (χ1) is 14.7. The maximum Gasteiger partial charge on any atom is 0.245 e. The zero-order chi connectivity index (χ0) is 20.8. The van der Waals surface area contributed by atoms with E-state index < -0.39 is 6.04 Å². The summed E-state index contributed by atoms with van der Waals surface area (Å²) in [5, 5.41) is 0. The summed E-state index contributed by atoms with van der Waals surface area (Å²) in [5.74, 6) is 0.930. The lowest BCUT2D eigenvalue weighted by Gasteiger charge is -2.27. The van der Waals surface area contributed by atoms with E-state index in [4.69, 9.17) is 4.74 Å². The van der Waals surface area contributed by atoms with Crippen LogP contribution >= 0.6 is 0 Å². The molecule has 2 heterocycles. The number of carbonyl (C=O) groups excluding carboxylic acids is 2. The molecule has 2 aliphatic heterocycles. The number of carbonyl (C=O) groups is 2. The van der Waals surface area contributed by atoms with Gasteiger partial charge in [-0.05, 0) is 43.4 Å². The third kappa shape index (κ3) is 5.02. The van der Waals surface area contributed by atoms with E-state index in [9.17, 15) is 9.59 Å². The van der Waals surface area contributed by atoms with Crippen LogP contribution in [0.25, 0.3) is 0 Å². The van der Waals surface area contributed by atoms with Crippen molar-refractivity contribution < 1.29 is 14.3 Å². The second kappa shape index (κ2) is 9.79. The van der Waals surface area contributed by atoms with E-state index in [2.05, 4.69) is 12.1 Å². The van der Waals surface area contributed by atoms with E-state index in [1.165, 1.54) is 5.56 Å². The number of rotatable bonds is 7. The van der Waals surface area contributed by atoms with E-state index in [1.54, 1.807) is 4.90 Å². The second-order valence-corrected chi connectivity index (χ2v) is 8.22. The van der Waals surface area contributed by atoms with Crippen molar-refractivity contribution in [2.45, 2.75) is 50.7 Å². The van der Waals surface area contributed by atoms with Gasteiger partial charge in [-0.3, -0.25) is 9.59 Å². The molecule has 2 amide bonds. The number of para-hydroxylation sites is 1. The van der Waals surface area contributed by atoms with Gasteiger partial charge in [0.1, 0.15) is 17.9 Å². The highest BCUT2D eigenvalue weighted by molar-refractivity contribution is 5.88. The summed E-state index contributed by atoms with van der Waals surface area (Å²) in [6.07, 6.45) is 4.62. The summed E-state index contributed by atoms with van der Waals surface area (Å²) in [7, 11) is 0. The van der Waals surface area contributed by atoms with Gasteiger partial charge in [-0.15, -0.1) is 0 Å². The molecule has 0 spiro atoms. The molecule has 1 unspecified atom stereocenters. The molecule has 30 heavy (non-hydrogen) atoms. The summed E-state index contributed by atoms with van der Waals surface area (Å²) in [4.78, 5) is 29.9.